The van der Waals surface area contributed by atoms with Crippen LogP contribution in [0.4, 0.5) is 4.79 Å². The van der Waals surface area contributed by atoms with Crippen molar-refractivity contribution in [3.05, 3.63) is 23.1 Å². The maximum atomic E-state index is 12.7. The fourth-order valence-electron chi connectivity index (χ4n) is 3.18. The van der Waals surface area contributed by atoms with Crippen molar-refractivity contribution in [2.45, 2.75) is 20.8 Å². The molecule has 1 saturated heterocycles. The van der Waals surface area contributed by atoms with Crippen LogP contribution in [0.2, 0.25) is 0 Å². The number of carbonyl (C=O) groups is 2. The Hall–Kier alpha value is -2.84. The van der Waals surface area contributed by atoms with Gasteiger partial charge in [0.05, 0.1) is 18.0 Å². The third-order valence-electron chi connectivity index (χ3n) is 4.67. The van der Waals surface area contributed by atoms with Crippen LogP contribution >= 0.6 is 0 Å². The number of piperazine rings is 1. The highest BCUT2D eigenvalue weighted by atomic mass is 16.6. The molecule has 0 spiro atoms. The van der Waals surface area contributed by atoms with Gasteiger partial charge in [0.15, 0.2) is 0 Å². The summed E-state index contributed by atoms with van der Waals surface area (Å²) in [7, 11) is 1.88. The Morgan fingerprint density at radius 2 is 1.85 bits per heavy atom. The summed E-state index contributed by atoms with van der Waals surface area (Å²) < 4.78 is 6.80. The minimum Gasteiger partial charge on any atom is -0.450 e. The Bertz CT molecular complexity index is 817. The highest BCUT2D eigenvalue weighted by Crippen LogP contribution is 2.25. The molecule has 0 radical (unpaired) electrons. The number of hydrogen-bond donors (Lipinski definition) is 1. The number of nitrogens with zero attached hydrogens (tertiary/aromatic N) is 5. The van der Waals surface area contributed by atoms with E-state index in [1.54, 1.807) is 27.5 Å². The van der Waals surface area contributed by atoms with Crippen molar-refractivity contribution in [1.29, 1.82) is 0 Å². The fraction of sp³-hybridized carbons (Fsp3) is 0.529. The van der Waals surface area contributed by atoms with E-state index in [0.717, 1.165) is 17.0 Å². The second-order valence-corrected chi connectivity index (χ2v) is 6.31. The van der Waals surface area contributed by atoms with Gasteiger partial charge >= 0.3 is 6.09 Å². The number of H-pyrrole nitrogens is 1. The quantitative estimate of drug-likeness (QED) is 0.891. The van der Waals surface area contributed by atoms with Crippen LogP contribution in [0.5, 0.6) is 0 Å². The number of rotatable bonds is 3. The summed E-state index contributed by atoms with van der Waals surface area (Å²) in [6, 6.07) is 1.76. The minimum atomic E-state index is -0.328. The molecule has 3 heterocycles. The van der Waals surface area contributed by atoms with Gasteiger partial charge in [0.1, 0.15) is 5.69 Å². The smallest absolute Gasteiger partial charge is 0.409 e. The zero-order valence-corrected chi connectivity index (χ0v) is 15.6. The molecule has 9 heteroatoms. The zero-order chi connectivity index (χ0) is 18.8. The normalized spacial score (nSPS) is 14.6. The van der Waals surface area contributed by atoms with Gasteiger partial charge in [-0.1, -0.05) is 0 Å². The van der Waals surface area contributed by atoms with E-state index in [1.165, 1.54) is 0 Å². The van der Waals surface area contributed by atoms with Crippen molar-refractivity contribution >= 4 is 12.0 Å². The van der Waals surface area contributed by atoms with Crippen molar-refractivity contribution in [1.82, 2.24) is 29.8 Å². The van der Waals surface area contributed by atoms with Crippen LogP contribution in [0.25, 0.3) is 11.3 Å². The first kappa shape index (κ1) is 18.0. The largest absolute Gasteiger partial charge is 0.450 e. The Balaban J connectivity index is 1.69. The number of aromatic nitrogens is 4. The lowest BCUT2D eigenvalue weighted by molar-refractivity contribution is 0.0566. The summed E-state index contributed by atoms with van der Waals surface area (Å²) in [5, 5.41) is 11.5. The van der Waals surface area contributed by atoms with Crippen molar-refractivity contribution in [3.8, 4) is 11.3 Å². The van der Waals surface area contributed by atoms with E-state index >= 15 is 0 Å². The predicted octanol–water partition coefficient (Wildman–Crippen LogP) is 1.34. The molecule has 2 aromatic heterocycles. The maximum Gasteiger partial charge on any atom is 0.409 e. The third-order valence-corrected chi connectivity index (χ3v) is 4.67. The summed E-state index contributed by atoms with van der Waals surface area (Å²) in [5.74, 6) is -0.119. The predicted molar refractivity (Wildman–Crippen MR) is 94.8 cm³/mol. The topological polar surface area (TPSA) is 96.3 Å². The molecule has 3 rings (SSSR count). The van der Waals surface area contributed by atoms with Gasteiger partial charge in [0.25, 0.3) is 5.91 Å². The number of carbonyl (C=O) groups excluding carboxylic acids is 2. The zero-order valence-electron chi connectivity index (χ0n) is 15.6. The van der Waals surface area contributed by atoms with E-state index in [2.05, 4.69) is 15.3 Å². The fourth-order valence-corrected chi connectivity index (χ4v) is 3.18. The SMILES string of the molecule is CCOC(=O)N1CCN(C(=O)c2cc(-c3c(C)nn(C)c3C)n[nH]2)CC1. The number of aromatic amines is 1. The number of ether oxygens (including phenoxy) is 1. The van der Waals surface area contributed by atoms with Gasteiger partial charge in [-0.2, -0.15) is 10.2 Å². The molecule has 140 valence electrons. The van der Waals surface area contributed by atoms with Crippen molar-refractivity contribution in [2.24, 2.45) is 7.05 Å². The molecule has 0 saturated carbocycles. The van der Waals surface area contributed by atoms with Crippen LogP contribution < -0.4 is 0 Å². The molecule has 2 amide bonds. The first-order chi connectivity index (χ1) is 12.4. The monoisotopic (exact) mass is 360 g/mol. The van der Waals surface area contributed by atoms with E-state index in [0.29, 0.717) is 44.2 Å². The van der Waals surface area contributed by atoms with Crippen LogP contribution in [-0.4, -0.2) is 74.6 Å². The van der Waals surface area contributed by atoms with Gasteiger partial charge in [-0.25, -0.2) is 4.79 Å². The second kappa shape index (κ2) is 7.19. The van der Waals surface area contributed by atoms with Crippen LogP contribution in [0.1, 0.15) is 28.8 Å². The van der Waals surface area contributed by atoms with Crippen LogP contribution in [-0.2, 0) is 11.8 Å². The summed E-state index contributed by atoms with van der Waals surface area (Å²) in [6.07, 6.45) is -0.328. The highest BCUT2D eigenvalue weighted by molar-refractivity contribution is 5.93. The van der Waals surface area contributed by atoms with E-state index in [9.17, 15) is 9.59 Å². The summed E-state index contributed by atoms with van der Waals surface area (Å²) in [5.41, 5.74) is 3.96. The molecular formula is C17H24N6O3. The molecule has 0 atom stereocenters. The lowest BCUT2D eigenvalue weighted by atomic mass is 10.1. The van der Waals surface area contributed by atoms with Gasteiger partial charge in [-0.05, 0) is 26.8 Å². The van der Waals surface area contributed by atoms with Gasteiger partial charge < -0.3 is 14.5 Å². The number of aryl methyl sites for hydroxylation is 2. The molecule has 1 fully saturated rings. The highest BCUT2D eigenvalue weighted by Gasteiger charge is 2.27. The molecule has 1 aliphatic heterocycles. The summed E-state index contributed by atoms with van der Waals surface area (Å²) >= 11 is 0. The molecule has 2 aromatic rings. The van der Waals surface area contributed by atoms with Crippen LogP contribution in [0.3, 0.4) is 0 Å². The van der Waals surface area contributed by atoms with Crippen LogP contribution in [0, 0.1) is 13.8 Å². The second-order valence-electron chi connectivity index (χ2n) is 6.31. The Morgan fingerprint density at radius 1 is 1.19 bits per heavy atom. The molecule has 9 nitrogen and oxygen atoms in total. The van der Waals surface area contributed by atoms with Gasteiger partial charge in [0, 0.05) is 44.5 Å². The van der Waals surface area contributed by atoms with E-state index < -0.39 is 0 Å². The maximum absolute atomic E-state index is 12.7. The Morgan fingerprint density at radius 3 is 2.42 bits per heavy atom. The first-order valence-electron chi connectivity index (χ1n) is 8.69. The third kappa shape index (κ3) is 3.29. The van der Waals surface area contributed by atoms with Crippen molar-refractivity contribution in [2.75, 3.05) is 32.8 Å². The lowest BCUT2D eigenvalue weighted by Gasteiger charge is -2.33. The summed E-state index contributed by atoms with van der Waals surface area (Å²) in [4.78, 5) is 27.8. The molecule has 0 unspecified atom stereocenters. The average molecular weight is 360 g/mol. The first-order valence-corrected chi connectivity index (χ1v) is 8.69. The van der Waals surface area contributed by atoms with Gasteiger partial charge in [0.2, 0.25) is 0 Å². The molecule has 26 heavy (non-hydrogen) atoms. The number of nitrogens with one attached hydrogen (secondary N) is 1. The Labute approximate surface area is 151 Å². The lowest BCUT2D eigenvalue weighted by Crippen LogP contribution is -2.50. The van der Waals surface area contributed by atoms with E-state index in [4.69, 9.17) is 4.74 Å². The molecule has 1 aliphatic rings. The molecule has 1 N–H and O–H groups in total. The van der Waals surface area contributed by atoms with Gasteiger partial charge in [-0.15, -0.1) is 0 Å². The molecule has 0 aliphatic carbocycles. The molecular weight excluding hydrogens is 336 g/mol. The minimum absolute atomic E-state index is 0.119. The van der Waals surface area contributed by atoms with E-state index in [-0.39, 0.29) is 12.0 Å². The number of amides is 2. The standard InChI is InChI=1S/C17H24N6O3/c1-5-26-17(25)23-8-6-22(7-9-23)16(24)14-10-13(18-19-14)15-11(2)20-21(4)12(15)3/h10H,5-9H2,1-4H3,(H,18,19). The number of hydrogen-bond acceptors (Lipinski definition) is 5. The van der Waals surface area contributed by atoms with Crippen molar-refractivity contribution < 1.29 is 14.3 Å². The van der Waals surface area contributed by atoms with Crippen LogP contribution in [0.15, 0.2) is 6.07 Å². The van der Waals surface area contributed by atoms with Crippen molar-refractivity contribution in [3.63, 3.8) is 0 Å². The Kier molecular flexibility index (Phi) is 4.97. The van der Waals surface area contributed by atoms with E-state index in [1.807, 2.05) is 20.9 Å². The van der Waals surface area contributed by atoms with Gasteiger partial charge in [-0.3, -0.25) is 14.6 Å². The summed E-state index contributed by atoms with van der Waals surface area (Å²) in [6.45, 7) is 7.89. The average Bonchev–Trinajstić information content (AvgIpc) is 3.19. The molecule has 0 bridgehead atoms. The molecule has 0 aromatic carbocycles.